The van der Waals surface area contributed by atoms with Crippen molar-refractivity contribution in [2.24, 2.45) is 10.9 Å². The summed E-state index contributed by atoms with van der Waals surface area (Å²) in [6.45, 7) is 11.0. The lowest BCUT2D eigenvalue weighted by atomic mass is 9.84. The van der Waals surface area contributed by atoms with Crippen LogP contribution in [-0.4, -0.2) is 51.1 Å². The van der Waals surface area contributed by atoms with Crippen LogP contribution in [0.1, 0.15) is 38.3 Å². The van der Waals surface area contributed by atoms with E-state index in [9.17, 15) is 0 Å². The molecule has 1 aliphatic heterocycles. The summed E-state index contributed by atoms with van der Waals surface area (Å²) in [6.07, 6.45) is 2.36. The summed E-state index contributed by atoms with van der Waals surface area (Å²) in [7, 11) is 4.04. The lowest BCUT2D eigenvalue weighted by molar-refractivity contribution is 0.393. The number of hydrogen-bond acceptors (Lipinski definition) is 2. The average molecular weight is 458 g/mol. The van der Waals surface area contributed by atoms with Crippen molar-refractivity contribution < 1.29 is 0 Å². The molecule has 25 heavy (non-hydrogen) atoms. The Morgan fingerprint density at radius 1 is 1.24 bits per heavy atom. The van der Waals surface area contributed by atoms with Gasteiger partial charge in [-0.3, -0.25) is 4.99 Å². The minimum absolute atomic E-state index is 0. The van der Waals surface area contributed by atoms with Gasteiger partial charge in [0, 0.05) is 32.1 Å². The molecule has 5 heteroatoms. The summed E-state index contributed by atoms with van der Waals surface area (Å²) in [4.78, 5) is 6.77. The third kappa shape index (κ3) is 6.77. The first-order valence-corrected chi connectivity index (χ1v) is 9.17. The number of halogens is 1. The molecule has 142 valence electrons. The first-order valence-electron chi connectivity index (χ1n) is 9.17. The van der Waals surface area contributed by atoms with E-state index >= 15 is 0 Å². The summed E-state index contributed by atoms with van der Waals surface area (Å²) in [6, 6.07) is 8.98. The highest BCUT2D eigenvalue weighted by atomic mass is 127. The molecule has 0 bridgehead atoms. The zero-order chi connectivity index (χ0) is 17.6. The first kappa shape index (κ1) is 22.2. The van der Waals surface area contributed by atoms with E-state index in [-0.39, 0.29) is 29.4 Å². The van der Waals surface area contributed by atoms with Crippen molar-refractivity contribution in [2.75, 3.05) is 40.3 Å². The molecule has 0 radical (unpaired) electrons. The maximum atomic E-state index is 4.37. The molecule has 1 fully saturated rings. The molecule has 1 saturated heterocycles. The Morgan fingerprint density at radius 2 is 1.92 bits per heavy atom. The Hall–Kier alpha value is -0.820. The van der Waals surface area contributed by atoms with E-state index in [2.05, 4.69) is 72.6 Å². The molecule has 0 amide bonds. The van der Waals surface area contributed by atoms with Gasteiger partial charge in [-0.05, 0) is 43.5 Å². The van der Waals surface area contributed by atoms with Gasteiger partial charge in [0.25, 0.3) is 0 Å². The van der Waals surface area contributed by atoms with Crippen LogP contribution in [0.3, 0.4) is 0 Å². The molecule has 0 spiro atoms. The van der Waals surface area contributed by atoms with Crippen LogP contribution in [-0.2, 0) is 11.8 Å². The fourth-order valence-corrected chi connectivity index (χ4v) is 3.25. The van der Waals surface area contributed by atoms with E-state index in [0.29, 0.717) is 0 Å². The zero-order valence-electron chi connectivity index (χ0n) is 16.4. The van der Waals surface area contributed by atoms with Crippen LogP contribution in [0.15, 0.2) is 29.3 Å². The van der Waals surface area contributed by atoms with Gasteiger partial charge in [-0.15, -0.1) is 24.0 Å². The Balaban J connectivity index is 0.00000312. The Labute approximate surface area is 170 Å². The number of hydrogen-bond donors (Lipinski definition) is 2. The molecule has 0 aromatic heterocycles. The number of rotatable bonds is 6. The SMILES string of the molecule is CCc1ccc(C(C)(C)CNC(=NC)NCC2CCN(C)C2)cc1.I. The third-order valence-electron chi connectivity index (χ3n) is 5.11. The molecule has 0 aliphatic carbocycles. The van der Waals surface area contributed by atoms with Crippen molar-refractivity contribution in [1.82, 2.24) is 15.5 Å². The van der Waals surface area contributed by atoms with Gasteiger partial charge in [-0.25, -0.2) is 0 Å². The third-order valence-corrected chi connectivity index (χ3v) is 5.11. The molecule has 0 saturated carbocycles. The van der Waals surface area contributed by atoms with Gasteiger partial charge in [-0.2, -0.15) is 0 Å². The smallest absolute Gasteiger partial charge is 0.191 e. The highest BCUT2D eigenvalue weighted by molar-refractivity contribution is 14.0. The standard InChI is InChI=1S/C20H34N4.HI/c1-6-16-7-9-18(10-8-16)20(2,3)15-23-19(21-4)22-13-17-11-12-24(5)14-17;/h7-10,17H,6,11-15H2,1-5H3,(H2,21,22,23);1H. The molecule has 1 heterocycles. The van der Waals surface area contributed by atoms with E-state index in [1.807, 2.05) is 7.05 Å². The number of aryl methyl sites for hydroxylation is 1. The number of nitrogens with one attached hydrogen (secondary N) is 2. The molecule has 1 aromatic carbocycles. The van der Waals surface area contributed by atoms with Gasteiger partial charge in [0.2, 0.25) is 0 Å². The van der Waals surface area contributed by atoms with E-state index in [4.69, 9.17) is 0 Å². The second-order valence-corrected chi connectivity index (χ2v) is 7.66. The highest BCUT2D eigenvalue weighted by Gasteiger charge is 2.22. The number of guanidine groups is 1. The van der Waals surface area contributed by atoms with Crippen molar-refractivity contribution >= 4 is 29.9 Å². The van der Waals surface area contributed by atoms with Gasteiger partial charge < -0.3 is 15.5 Å². The van der Waals surface area contributed by atoms with Crippen molar-refractivity contribution in [3.8, 4) is 0 Å². The Morgan fingerprint density at radius 3 is 2.44 bits per heavy atom. The Bertz CT molecular complexity index is 539. The number of likely N-dealkylation sites (tertiary alicyclic amines) is 1. The quantitative estimate of drug-likeness (QED) is 0.391. The summed E-state index contributed by atoms with van der Waals surface area (Å²) >= 11 is 0. The second-order valence-electron chi connectivity index (χ2n) is 7.66. The maximum absolute atomic E-state index is 4.37. The van der Waals surface area contributed by atoms with Crippen molar-refractivity contribution in [1.29, 1.82) is 0 Å². The van der Waals surface area contributed by atoms with Crippen LogP contribution in [0.4, 0.5) is 0 Å². The van der Waals surface area contributed by atoms with E-state index in [1.54, 1.807) is 0 Å². The van der Waals surface area contributed by atoms with Crippen molar-refractivity contribution in [3.05, 3.63) is 35.4 Å². The summed E-state index contributed by atoms with van der Waals surface area (Å²) < 4.78 is 0. The van der Waals surface area contributed by atoms with Crippen LogP contribution in [0.25, 0.3) is 0 Å². The minimum Gasteiger partial charge on any atom is -0.356 e. The molecule has 1 aliphatic rings. The predicted molar refractivity (Wildman–Crippen MR) is 119 cm³/mol. The molecule has 1 unspecified atom stereocenters. The largest absolute Gasteiger partial charge is 0.356 e. The molecular weight excluding hydrogens is 423 g/mol. The van der Waals surface area contributed by atoms with Crippen LogP contribution in [0.5, 0.6) is 0 Å². The Kier molecular flexibility index (Phi) is 9.21. The summed E-state index contributed by atoms with van der Waals surface area (Å²) in [5, 5.41) is 6.98. The van der Waals surface area contributed by atoms with Crippen LogP contribution in [0.2, 0.25) is 0 Å². The second kappa shape index (κ2) is 10.4. The topological polar surface area (TPSA) is 39.7 Å². The van der Waals surface area contributed by atoms with E-state index < -0.39 is 0 Å². The fraction of sp³-hybridized carbons (Fsp3) is 0.650. The van der Waals surface area contributed by atoms with Gasteiger partial charge in [-0.1, -0.05) is 45.0 Å². The van der Waals surface area contributed by atoms with E-state index in [0.717, 1.165) is 31.4 Å². The summed E-state index contributed by atoms with van der Waals surface area (Å²) in [5.74, 6) is 1.63. The molecule has 1 atom stereocenters. The van der Waals surface area contributed by atoms with Gasteiger partial charge in [0.05, 0.1) is 0 Å². The van der Waals surface area contributed by atoms with Crippen molar-refractivity contribution in [3.63, 3.8) is 0 Å². The number of nitrogens with zero attached hydrogens (tertiary/aromatic N) is 2. The minimum atomic E-state index is 0. The lowest BCUT2D eigenvalue weighted by Crippen LogP contribution is -2.45. The molecule has 2 rings (SSSR count). The average Bonchev–Trinajstić information content (AvgIpc) is 3.00. The molecule has 1 aromatic rings. The lowest BCUT2D eigenvalue weighted by Gasteiger charge is -2.27. The van der Waals surface area contributed by atoms with Crippen molar-refractivity contribution in [2.45, 2.75) is 39.0 Å². The monoisotopic (exact) mass is 458 g/mol. The van der Waals surface area contributed by atoms with E-state index in [1.165, 1.54) is 30.6 Å². The molecule has 4 nitrogen and oxygen atoms in total. The first-order chi connectivity index (χ1) is 11.4. The summed E-state index contributed by atoms with van der Waals surface area (Å²) in [5.41, 5.74) is 2.82. The van der Waals surface area contributed by atoms with Crippen LogP contribution < -0.4 is 10.6 Å². The maximum Gasteiger partial charge on any atom is 0.191 e. The van der Waals surface area contributed by atoms with Gasteiger partial charge in [0.1, 0.15) is 0 Å². The van der Waals surface area contributed by atoms with Crippen LogP contribution >= 0.6 is 24.0 Å². The van der Waals surface area contributed by atoms with Gasteiger partial charge >= 0.3 is 0 Å². The normalized spacial score (nSPS) is 18.8. The predicted octanol–water partition coefficient (Wildman–Crippen LogP) is 3.26. The number of aliphatic imine (C=N–C) groups is 1. The van der Waals surface area contributed by atoms with Gasteiger partial charge in [0.15, 0.2) is 5.96 Å². The van der Waals surface area contributed by atoms with Crippen LogP contribution in [0, 0.1) is 5.92 Å². The molecule has 2 N–H and O–H groups in total. The highest BCUT2D eigenvalue weighted by Crippen LogP contribution is 2.22. The zero-order valence-corrected chi connectivity index (χ0v) is 18.8. The fourth-order valence-electron chi connectivity index (χ4n) is 3.25. The number of benzene rings is 1. The molecular formula is C20H35IN4.